The number of benzene rings is 1. The number of nitrogens with zero attached hydrogens (tertiary/aromatic N) is 1. The quantitative estimate of drug-likeness (QED) is 0.664. The third-order valence-electron chi connectivity index (χ3n) is 2.50. The molecule has 0 radical (unpaired) electrons. The zero-order chi connectivity index (χ0) is 10.1. The van der Waals surface area contributed by atoms with Gasteiger partial charge in [0.2, 0.25) is 0 Å². The molecule has 1 aromatic carbocycles. The first-order valence-electron chi connectivity index (χ1n) is 4.91. The number of hydrogen-bond donors (Lipinski definition) is 0. The molecule has 0 unspecified atom stereocenters. The molecule has 0 aliphatic carbocycles. The molecule has 1 heterocycles. The number of Topliss-reactive ketones (excluding diaryl/α,β-unsaturated/α-hetero) is 1. The van der Waals surface area contributed by atoms with Crippen molar-refractivity contribution in [1.29, 1.82) is 0 Å². The van der Waals surface area contributed by atoms with Gasteiger partial charge in [0.1, 0.15) is 0 Å². The predicted molar refractivity (Wildman–Crippen MR) is 57.5 cm³/mol. The Hall–Kier alpha value is -1.44. The Balaban J connectivity index is 2.55. The number of aliphatic imine (C=N–C) groups is 1. The number of hydrogen-bond acceptors (Lipinski definition) is 2. The van der Waals surface area contributed by atoms with Crippen LogP contribution in [0.1, 0.15) is 36.2 Å². The maximum atomic E-state index is 11.7. The molecular weight excluding hydrogens is 174 g/mol. The van der Waals surface area contributed by atoms with E-state index in [1.54, 1.807) is 0 Å². The van der Waals surface area contributed by atoms with Crippen molar-refractivity contribution in [2.75, 3.05) is 0 Å². The van der Waals surface area contributed by atoms with Crippen LogP contribution in [-0.2, 0) is 6.42 Å². The summed E-state index contributed by atoms with van der Waals surface area (Å²) in [5, 5.41) is 0. The third-order valence-corrected chi connectivity index (χ3v) is 2.50. The van der Waals surface area contributed by atoms with Gasteiger partial charge in [0, 0.05) is 17.7 Å². The molecule has 0 atom stereocenters. The standard InChI is InChI=1S/C12H13NO/c1-3-9-4-5-11-10(7-9)12(14)6-8(2)13-11/h4-5,7H,3,6H2,1-2H3. The van der Waals surface area contributed by atoms with Gasteiger partial charge in [0.05, 0.1) is 5.69 Å². The second kappa shape index (κ2) is 3.37. The Morgan fingerprint density at radius 3 is 2.93 bits per heavy atom. The van der Waals surface area contributed by atoms with E-state index in [4.69, 9.17) is 0 Å². The number of rotatable bonds is 1. The highest BCUT2D eigenvalue weighted by Crippen LogP contribution is 2.26. The monoisotopic (exact) mass is 187 g/mol. The average Bonchev–Trinajstić information content (AvgIpc) is 2.17. The lowest BCUT2D eigenvalue weighted by Gasteiger charge is -2.12. The van der Waals surface area contributed by atoms with E-state index in [2.05, 4.69) is 11.9 Å². The number of fused-ring (bicyclic) bond motifs is 1. The van der Waals surface area contributed by atoms with Gasteiger partial charge in [-0.25, -0.2) is 0 Å². The molecule has 0 saturated carbocycles. The molecule has 2 nitrogen and oxygen atoms in total. The molecule has 0 bridgehead atoms. The summed E-state index contributed by atoms with van der Waals surface area (Å²) >= 11 is 0. The zero-order valence-electron chi connectivity index (χ0n) is 8.50. The summed E-state index contributed by atoms with van der Waals surface area (Å²) < 4.78 is 0. The molecule has 0 fully saturated rings. The topological polar surface area (TPSA) is 29.4 Å². The van der Waals surface area contributed by atoms with Crippen LogP contribution < -0.4 is 0 Å². The van der Waals surface area contributed by atoms with Crippen LogP contribution >= 0.6 is 0 Å². The van der Waals surface area contributed by atoms with E-state index in [0.717, 1.165) is 23.4 Å². The lowest BCUT2D eigenvalue weighted by molar-refractivity contribution is 0.0999. The smallest absolute Gasteiger partial charge is 0.170 e. The van der Waals surface area contributed by atoms with Crippen LogP contribution in [0.25, 0.3) is 0 Å². The van der Waals surface area contributed by atoms with E-state index < -0.39 is 0 Å². The minimum absolute atomic E-state index is 0.197. The zero-order valence-corrected chi connectivity index (χ0v) is 8.50. The number of carbonyl (C=O) groups is 1. The highest BCUT2D eigenvalue weighted by molar-refractivity contribution is 6.15. The summed E-state index contributed by atoms with van der Waals surface area (Å²) in [6.07, 6.45) is 1.43. The van der Waals surface area contributed by atoms with E-state index in [0.29, 0.717) is 6.42 Å². The molecule has 14 heavy (non-hydrogen) atoms. The van der Waals surface area contributed by atoms with Gasteiger partial charge in [0.15, 0.2) is 5.78 Å². The Bertz CT molecular complexity index is 418. The second-order valence-electron chi connectivity index (χ2n) is 3.65. The van der Waals surface area contributed by atoms with Crippen LogP contribution in [0.3, 0.4) is 0 Å². The highest BCUT2D eigenvalue weighted by Gasteiger charge is 2.17. The Morgan fingerprint density at radius 2 is 2.21 bits per heavy atom. The van der Waals surface area contributed by atoms with Crippen LogP contribution in [0.2, 0.25) is 0 Å². The summed E-state index contributed by atoms with van der Waals surface area (Å²) in [5.74, 6) is 0.197. The van der Waals surface area contributed by atoms with Crippen LogP contribution in [0.15, 0.2) is 23.2 Å². The van der Waals surface area contributed by atoms with Crippen molar-refractivity contribution < 1.29 is 4.79 Å². The Kier molecular flexibility index (Phi) is 2.20. The minimum Gasteiger partial charge on any atom is -0.294 e. The molecule has 0 aromatic heterocycles. The third kappa shape index (κ3) is 1.48. The fourth-order valence-corrected chi connectivity index (χ4v) is 1.70. The fourth-order valence-electron chi connectivity index (χ4n) is 1.70. The largest absolute Gasteiger partial charge is 0.294 e. The van der Waals surface area contributed by atoms with Gasteiger partial charge < -0.3 is 0 Å². The van der Waals surface area contributed by atoms with Crippen LogP contribution in [-0.4, -0.2) is 11.5 Å². The first-order chi connectivity index (χ1) is 6.70. The molecule has 1 aliphatic rings. The van der Waals surface area contributed by atoms with Crippen molar-refractivity contribution in [1.82, 2.24) is 0 Å². The molecule has 1 aliphatic heterocycles. The summed E-state index contributed by atoms with van der Waals surface area (Å²) in [6.45, 7) is 3.98. The number of aryl methyl sites for hydroxylation is 1. The van der Waals surface area contributed by atoms with Gasteiger partial charge in [-0.05, 0) is 31.0 Å². The summed E-state index contributed by atoms with van der Waals surface area (Å²) in [7, 11) is 0. The fraction of sp³-hybridized carbons (Fsp3) is 0.333. The summed E-state index contributed by atoms with van der Waals surface area (Å²) in [5.41, 5.74) is 3.73. The van der Waals surface area contributed by atoms with Crippen molar-refractivity contribution in [2.24, 2.45) is 4.99 Å². The van der Waals surface area contributed by atoms with Crippen molar-refractivity contribution >= 4 is 17.2 Å². The van der Waals surface area contributed by atoms with Gasteiger partial charge >= 0.3 is 0 Å². The van der Waals surface area contributed by atoms with Crippen molar-refractivity contribution in [3.05, 3.63) is 29.3 Å². The van der Waals surface area contributed by atoms with Crippen molar-refractivity contribution in [3.63, 3.8) is 0 Å². The summed E-state index contributed by atoms with van der Waals surface area (Å²) in [6, 6.07) is 5.94. The molecule has 2 heteroatoms. The molecule has 0 N–H and O–H groups in total. The van der Waals surface area contributed by atoms with E-state index in [1.165, 1.54) is 5.56 Å². The second-order valence-corrected chi connectivity index (χ2v) is 3.65. The summed E-state index contributed by atoms with van der Waals surface area (Å²) in [4.78, 5) is 16.1. The molecular formula is C12H13NO. The van der Waals surface area contributed by atoms with Crippen LogP contribution in [0.4, 0.5) is 5.69 Å². The number of carbonyl (C=O) groups excluding carboxylic acids is 1. The van der Waals surface area contributed by atoms with E-state index in [1.807, 2.05) is 25.1 Å². The lowest BCUT2D eigenvalue weighted by atomic mass is 9.98. The molecule has 0 amide bonds. The van der Waals surface area contributed by atoms with Gasteiger partial charge in [-0.2, -0.15) is 0 Å². The maximum Gasteiger partial charge on any atom is 0.170 e. The van der Waals surface area contributed by atoms with Crippen LogP contribution in [0, 0.1) is 0 Å². The van der Waals surface area contributed by atoms with E-state index in [-0.39, 0.29) is 5.78 Å². The van der Waals surface area contributed by atoms with Gasteiger partial charge in [-0.3, -0.25) is 9.79 Å². The van der Waals surface area contributed by atoms with E-state index >= 15 is 0 Å². The SMILES string of the molecule is CCc1ccc2c(c1)C(=O)CC(C)=N2. The first kappa shape index (κ1) is 9.13. The lowest BCUT2D eigenvalue weighted by Crippen LogP contribution is -2.10. The minimum atomic E-state index is 0.197. The molecule has 1 aromatic rings. The highest BCUT2D eigenvalue weighted by atomic mass is 16.1. The first-order valence-corrected chi connectivity index (χ1v) is 4.91. The Morgan fingerprint density at radius 1 is 1.43 bits per heavy atom. The normalized spacial score (nSPS) is 15.0. The van der Waals surface area contributed by atoms with Crippen molar-refractivity contribution in [2.45, 2.75) is 26.7 Å². The molecule has 2 rings (SSSR count). The predicted octanol–water partition coefficient (Wildman–Crippen LogP) is 2.93. The van der Waals surface area contributed by atoms with Crippen LogP contribution in [0.5, 0.6) is 0 Å². The van der Waals surface area contributed by atoms with Gasteiger partial charge in [-0.15, -0.1) is 0 Å². The Labute approximate surface area is 83.7 Å². The van der Waals surface area contributed by atoms with Gasteiger partial charge in [0.25, 0.3) is 0 Å². The van der Waals surface area contributed by atoms with E-state index in [9.17, 15) is 4.79 Å². The van der Waals surface area contributed by atoms with Gasteiger partial charge in [-0.1, -0.05) is 13.0 Å². The molecule has 0 spiro atoms. The maximum absolute atomic E-state index is 11.7. The average molecular weight is 187 g/mol. The van der Waals surface area contributed by atoms with Crippen molar-refractivity contribution in [3.8, 4) is 0 Å². The molecule has 0 saturated heterocycles. The number of ketones is 1. The molecule has 72 valence electrons.